The van der Waals surface area contributed by atoms with E-state index in [4.69, 9.17) is 9.47 Å². The highest BCUT2D eigenvalue weighted by Crippen LogP contribution is 2.13. The first-order chi connectivity index (χ1) is 17.0. The molecule has 0 bridgehead atoms. The van der Waals surface area contributed by atoms with Gasteiger partial charge in [-0.05, 0) is 44.2 Å². The number of morpholine rings is 2. The van der Waals surface area contributed by atoms with Crippen molar-refractivity contribution in [2.24, 2.45) is 11.8 Å². The zero-order valence-corrected chi connectivity index (χ0v) is 25.0. The van der Waals surface area contributed by atoms with E-state index < -0.39 is 0 Å². The standard InChI is InChI=1S/C11H23NO.C8H18N2.C8H17NO.C2H6/c1-10(2)8-11(3)9-12-4-6-13-7-5-12;1-2-3-6-10-7-4-9-5-8-10;1-2-3-4-9-5-7-10-8-6-9;1-2/h10-11H,4-9H2,1-3H3;9H,2-8H2,1H3;2-8H2,1H3;1-2H3. The molecule has 35 heavy (non-hydrogen) atoms. The minimum Gasteiger partial charge on any atom is -0.379 e. The largest absolute Gasteiger partial charge is 0.379 e. The maximum Gasteiger partial charge on any atom is 0.0594 e. The summed E-state index contributed by atoms with van der Waals surface area (Å²) in [7, 11) is 0. The van der Waals surface area contributed by atoms with Gasteiger partial charge in [0.2, 0.25) is 0 Å². The molecular formula is C29H64N4O2. The maximum atomic E-state index is 5.32. The van der Waals surface area contributed by atoms with Crippen LogP contribution in [-0.2, 0) is 9.47 Å². The number of nitrogens with one attached hydrogen (secondary N) is 1. The third-order valence-corrected chi connectivity index (χ3v) is 6.52. The molecular weight excluding hydrogens is 436 g/mol. The second-order valence-electron chi connectivity index (χ2n) is 10.4. The fourth-order valence-corrected chi connectivity index (χ4v) is 4.63. The van der Waals surface area contributed by atoms with Gasteiger partial charge < -0.3 is 19.7 Å². The predicted molar refractivity (Wildman–Crippen MR) is 154 cm³/mol. The summed E-state index contributed by atoms with van der Waals surface area (Å²) in [6, 6.07) is 0. The van der Waals surface area contributed by atoms with Crippen molar-refractivity contribution in [3.63, 3.8) is 0 Å². The van der Waals surface area contributed by atoms with E-state index in [1.54, 1.807) is 0 Å². The van der Waals surface area contributed by atoms with Crippen LogP contribution in [0.2, 0.25) is 0 Å². The third kappa shape index (κ3) is 21.5. The minimum absolute atomic E-state index is 0.830. The Labute approximate surface area is 220 Å². The van der Waals surface area contributed by atoms with E-state index in [2.05, 4.69) is 54.6 Å². The Hall–Kier alpha value is -0.240. The van der Waals surface area contributed by atoms with Gasteiger partial charge in [-0.15, -0.1) is 0 Å². The third-order valence-electron chi connectivity index (χ3n) is 6.52. The molecule has 212 valence electrons. The second-order valence-corrected chi connectivity index (χ2v) is 10.4. The Morgan fingerprint density at radius 1 is 0.657 bits per heavy atom. The normalized spacial score (nSPS) is 20.6. The molecule has 1 atom stereocenters. The van der Waals surface area contributed by atoms with Gasteiger partial charge in [0.15, 0.2) is 0 Å². The average Bonchev–Trinajstić information content (AvgIpc) is 2.89. The summed E-state index contributed by atoms with van der Waals surface area (Å²) in [4.78, 5) is 7.55. The van der Waals surface area contributed by atoms with Crippen molar-refractivity contribution in [1.82, 2.24) is 20.0 Å². The Bertz CT molecular complexity index is 385. The van der Waals surface area contributed by atoms with Gasteiger partial charge in [-0.3, -0.25) is 9.80 Å². The summed E-state index contributed by atoms with van der Waals surface area (Å²) < 4.78 is 10.6. The Balaban J connectivity index is 0.000000483. The molecule has 0 amide bonds. The van der Waals surface area contributed by atoms with Gasteiger partial charge >= 0.3 is 0 Å². The fourth-order valence-electron chi connectivity index (χ4n) is 4.63. The molecule has 6 heteroatoms. The molecule has 3 aliphatic rings. The molecule has 0 spiro atoms. The molecule has 3 heterocycles. The van der Waals surface area contributed by atoms with Crippen LogP contribution in [0, 0.1) is 11.8 Å². The molecule has 3 rings (SSSR count). The van der Waals surface area contributed by atoms with Crippen molar-refractivity contribution < 1.29 is 9.47 Å². The zero-order valence-electron chi connectivity index (χ0n) is 25.0. The Morgan fingerprint density at radius 3 is 1.51 bits per heavy atom. The minimum atomic E-state index is 0.830. The van der Waals surface area contributed by atoms with E-state index >= 15 is 0 Å². The molecule has 0 aromatic rings. The molecule has 1 N–H and O–H groups in total. The first-order valence-corrected chi connectivity index (χ1v) is 15.1. The smallest absolute Gasteiger partial charge is 0.0594 e. The monoisotopic (exact) mass is 501 g/mol. The number of unbranched alkanes of at least 4 members (excludes halogenated alkanes) is 2. The van der Waals surface area contributed by atoms with E-state index in [-0.39, 0.29) is 0 Å². The number of piperazine rings is 1. The first-order valence-electron chi connectivity index (χ1n) is 15.1. The van der Waals surface area contributed by atoms with Crippen molar-refractivity contribution in [3.8, 4) is 0 Å². The molecule has 0 radical (unpaired) electrons. The van der Waals surface area contributed by atoms with E-state index in [9.17, 15) is 0 Å². The van der Waals surface area contributed by atoms with Crippen molar-refractivity contribution in [2.45, 2.75) is 80.6 Å². The highest BCUT2D eigenvalue weighted by molar-refractivity contribution is 4.67. The van der Waals surface area contributed by atoms with Gasteiger partial charge in [0, 0.05) is 58.9 Å². The first kappa shape index (κ1) is 34.8. The average molecular weight is 501 g/mol. The molecule has 0 aromatic carbocycles. The highest BCUT2D eigenvalue weighted by Gasteiger charge is 2.14. The molecule has 6 nitrogen and oxygen atoms in total. The molecule has 3 fully saturated rings. The molecule has 0 aromatic heterocycles. The second kappa shape index (κ2) is 25.4. The van der Waals surface area contributed by atoms with E-state index in [1.807, 2.05) is 13.8 Å². The topological polar surface area (TPSA) is 40.2 Å². The van der Waals surface area contributed by atoms with Crippen LogP contribution in [-0.4, -0.2) is 113 Å². The fraction of sp³-hybridized carbons (Fsp3) is 1.00. The lowest BCUT2D eigenvalue weighted by molar-refractivity contribution is 0.0305. The molecule has 1 unspecified atom stereocenters. The van der Waals surface area contributed by atoms with E-state index in [1.165, 1.54) is 77.9 Å². The van der Waals surface area contributed by atoms with Crippen LogP contribution in [0.25, 0.3) is 0 Å². The number of nitrogens with zero attached hydrogens (tertiary/aromatic N) is 3. The summed E-state index contributed by atoms with van der Waals surface area (Å²) in [5.74, 6) is 1.66. The van der Waals surface area contributed by atoms with Gasteiger partial charge in [0.25, 0.3) is 0 Å². The lowest BCUT2D eigenvalue weighted by Gasteiger charge is -2.29. The molecule has 3 aliphatic heterocycles. The van der Waals surface area contributed by atoms with Gasteiger partial charge in [-0.25, -0.2) is 0 Å². The quantitative estimate of drug-likeness (QED) is 0.463. The summed E-state index contributed by atoms with van der Waals surface area (Å²) >= 11 is 0. The molecule has 3 saturated heterocycles. The zero-order chi connectivity index (χ0) is 26.2. The predicted octanol–water partition coefficient (Wildman–Crippen LogP) is 4.84. The van der Waals surface area contributed by atoms with Crippen LogP contribution in [0.5, 0.6) is 0 Å². The SMILES string of the molecule is CC.CC(C)CC(C)CN1CCOCC1.CCCCN1CCNCC1.CCCCN1CCOCC1. The van der Waals surface area contributed by atoms with Crippen molar-refractivity contribution in [2.75, 3.05) is 98.4 Å². The van der Waals surface area contributed by atoms with E-state index in [0.717, 1.165) is 64.4 Å². The lowest BCUT2D eigenvalue weighted by Crippen LogP contribution is -2.43. The number of ether oxygens (including phenoxy) is 2. The Morgan fingerprint density at radius 2 is 1.09 bits per heavy atom. The van der Waals surface area contributed by atoms with Crippen LogP contribution in [0.15, 0.2) is 0 Å². The number of hydrogen-bond acceptors (Lipinski definition) is 6. The van der Waals surface area contributed by atoms with Gasteiger partial charge in [-0.1, -0.05) is 61.3 Å². The van der Waals surface area contributed by atoms with E-state index in [0.29, 0.717) is 0 Å². The summed E-state index contributed by atoms with van der Waals surface area (Å²) in [6.07, 6.45) is 6.67. The summed E-state index contributed by atoms with van der Waals surface area (Å²) in [6.45, 7) is 32.4. The van der Waals surface area contributed by atoms with Gasteiger partial charge in [-0.2, -0.15) is 0 Å². The van der Waals surface area contributed by atoms with Crippen LogP contribution < -0.4 is 5.32 Å². The van der Waals surface area contributed by atoms with Gasteiger partial charge in [0.05, 0.1) is 26.4 Å². The van der Waals surface area contributed by atoms with Crippen LogP contribution >= 0.6 is 0 Å². The summed E-state index contributed by atoms with van der Waals surface area (Å²) in [5.41, 5.74) is 0. The summed E-state index contributed by atoms with van der Waals surface area (Å²) in [5, 5.41) is 3.35. The van der Waals surface area contributed by atoms with Crippen molar-refractivity contribution >= 4 is 0 Å². The van der Waals surface area contributed by atoms with Crippen molar-refractivity contribution in [1.29, 1.82) is 0 Å². The van der Waals surface area contributed by atoms with Crippen molar-refractivity contribution in [3.05, 3.63) is 0 Å². The van der Waals surface area contributed by atoms with Crippen LogP contribution in [0.3, 0.4) is 0 Å². The molecule has 0 aliphatic carbocycles. The van der Waals surface area contributed by atoms with Crippen LogP contribution in [0.1, 0.15) is 80.6 Å². The highest BCUT2D eigenvalue weighted by atomic mass is 16.5. The van der Waals surface area contributed by atoms with Gasteiger partial charge in [0.1, 0.15) is 0 Å². The Kier molecular flexibility index (Phi) is 25.2. The molecule has 0 saturated carbocycles. The number of rotatable bonds is 10. The maximum absolute atomic E-state index is 5.32. The number of hydrogen-bond donors (Lipinski definition) is 1. The van der Waals surface area contributed by atoms with Crippen LogP contribution in [0.4, 0.5) is 0 Å². The lowest BCUT2D eigenvalue weighted by atomic mass is 9.98.